The van der Waals surface area contributed by atoms with Crippen molar-refractivity contribution in [1.82, 2.24) is 0 Å². The quantitative estimate of drug-likeness (QED) is 0.400. The molecule has 0 saturated heterocycles. The molecule has 0 N–H and O–H groups in total. The van der Waals surface area contributed by atoms with E-state index in [1.54, 1.807) is 0 Å². The summed E-state index contributed by atoms with van der Waals surface area (Å²) in [5.74, 6) is -0.233. The Morgan fingerprint density at radius 3 is 0.806 bits per heavy atom. The van der Waals surface area contributed by atoms with Crippen LogP contribution in [0.3, 0.4) is 0 Å². The lowest BCUT2D eigenvalue weighted by molar-refractivity contribution is -0.112. The van der Waals surface area contributed by atoms with Gasteiger partial charge >= 0.3 is 0 Å². The molecule has 192 valence electrons. The first-order valence-electron chi connectivity index (χ1n) is 13.0. The summed E-state index contributed by atoms with van der Waals surface area (Å²) < 4.78 is 0. The second kappa shape index (κ2) is 8.98. The Balaban J connectivity index is 2.46. The molecule has 2 heteroatoms. The Hall–Kier alpha value is -2.74. The van der Waals surface area contributed by atoms with Crippen LogP contribution in [0.1, 0.15) is 116 Å². The standard InChI is InChI=1S/C34H44O2/c1-31(2,3)23-15-21(16-24(19-23)32(4,5)6)29-27(35)13-14-28(36)30(29)22-17-25(33(7,8)9)20-26(18-22)34(10,11)12/h13-20H,1-12H3. The van der Waals surface area contributed by atoms with Crippen LogP contribution >= 0.6 is 0 Å². The number of carbonyl (C=O) groups is 2. The minimum atomic E-state index is -0.117. The van der Waals surface area contributed by atoms with Crippen LogP contribution in [0.5, 0.6) is 0 Å². The lowest BCUT2D eigenvalue weighted by Gasteiger charge is -2.28. The van der Waals surface area contributed by atoms with E-state index in [-0.39, 0.29) is 33.2 Å². The van der Waals surface area contributed by atoms with E-state index in [1.165, 1.54) is 12.2 Å². The number of hydrogen-bond acceptors (Lipinski definition) is 2. The topological polar surface area (TPSA) is 34.1 Å². The lowest BCUT2D eigenvalue weighted by Crippen LogP contribution is -2.20. The molecule has 0 saturated carbocycles. The van der Waals surface area contributed by atoms with Crippen LogP contribution in [0.4, 0.5) is 0 Å². The third-order valence-electron chi connectivity index (χ3n) is 7.04. The molecule has 2 aromatic carbocycles. The van der Waals surface area contributed by atoms with Gasteiger partial charge in [-0.25, -0.2) is 0 Å². The lowest BCUT2D eigenvalue weighted by atomic mass is 9.75. The fourth-order valence-corrected chi connectivity index (χ4v) is 4.41. The van der Waals surface area contributed by atoms with E-state index in [0.29, 0.717) is 11.1 Å². The second-order valence-electron chi connectivity index (χ2n) is 14.4. The SMILES string of the molecule is CC(C)(C)c1cc(C2=C(c3cc(C(C)(C)C)cc(C(C)(C)C)c3)C(=O)C=CC2=O)cc(C(C)(C)C)c1. The van der Waals surface area contributed by atoms with Gasteiger partial charge in [0.05, 0.1) is 0 Å². The molecule has 0 bridgehead atoms. The first-order chi connectivity index (χ1) is 16.2. The highest BCUT2D eigenvalue weighted by atomic mass is 16.1. The fraction of sp³-hybridized carbons (Fsp3) is 0.471. The van der Waals surface area contributed by atoms with Crippen LogP contribution in [0.15, 0.2) is 48.6 Å². The van der Waals surface area contributed by atoms with Crippen molar-refractivity contribution < 1.29 is 9.59 Å². The van der Waals surface area contributed by atoms with Crippen LogP contribution in [-0.2, 0) is 31.2 Å². The molecule has 0 fully saturated rings. The molecular formula is C34H44O2. The molecule has 0 spiro atoms. The van der Waals surface area contributed by atoms with E-state index in [1.807, 2.05) is 0 Å². The molecule has 3 rings (SSSR count). The van der Waals surface area contributed by atoms with Gasteiger partial charge in [0, 0.05) is 11.1 Å². The van der Waals surface area contributed by atoms with Gasteiger partial charge in [0.25, 0.3) is 0 Å². The first-order valence-corrected chi connectivity index (χ1v) is 13.0. The molecule has 1 aliphatic rings. The van der Waals surface area contributed by atoms with Gasteiger partial charge in [0.1, 0.15) is 0 Å². The highest BCUT2D eigenvalue weighted by Crippen LogP contribution is 2.39. The Morgan fingerprint density at radius 2 is 0.611 bits per heavy atom. The Kier molecular flexibility index (Phi) is 6.94. The summed E-state index contributed by atoms with van der Waals surface area (Å²) in [5.41, 5.74) is 6.90. The third-order valence-corrected chi connectivity index (χ3v) is 7.04. The monoisotopic (exact) mass is 484 g/mol. The predicted octanol–water partition coefficient (Wildman–Crippen LogP) is 8.50. The highest BCUT2D eigenvalue weighted by molar-refractivity contribution is 6.48. The van der Waals surface area contributed by atoms with E-state index in [0.717, 1.165) is 33.4 Å². The van der Waals surface area contributed by atoms with E-state index < -0.39 is 0 Å². The minimum absolute atomic E-state index is 0.0974. The summed E-state index contributed by atoms with van der Waals surface area (Å²) in [6.07, 6.45) is 2.86. The largest absolute Gasteiger partial charge is 0.289 e. The molecular weight excluding hydrogens is 440 g/mol. The molecule has 0 radical (unpaired) electrons. The molecule has 0 aromatic heterocycles. The molecule has 1 aliphatic carbocycles. The summed E-state index contributed by atoms with van der Waals surface area (Å²) >= 11 is 0. The maximum atomic E-state index is 13.5. The molecule has 0 heterocycles. The van der Waals surface area contributed by atoms with Crippen LogP contribution in [-0.4, -0.2) is 11.6 Å². The van der Waals surface area contributed by atoms with Crippen LogP contribution in [0.2, 0.25) is 0 Å². The van der Waals surface area contributed by atoms with Gasteiger partial charge in [-0.3, -0.25) is 9.59 Å². The second-order valence-corrected chi connectivity index (χ2v) is 14.4. The zero-order valence-electron chi connectivity index (χ0n) is 24.4. The van der Waals surface area contributed by atoms with Crippen molar-refractivity contribution >= 4 is 22.7 Å². The van der Waals surface area contributed by atoms with Crippen molar-refractivity contribution in [3.8, 4) is 0 Å². The smallest absolute Gasteiger partial charge is 0.187 e. The van der Waals surface area contributed by atoms with Crippen molar-refractivity contribution in [3.63, 3.8) is 0 Å². The number of ketones is 2. The molecule has 2 nitrogen and oxygen atoms in total. The number of carbonyl (C=O) groups excluding carboxylic acids is 2. The van der Waals surface area contributed by atoms with Crippen LogP contribution in [0, 0.1) is 0 Å². The van der Waals surface area contributed by atoms with Gasteiger partial charge in [-0.1, -0.05) is 119 Å². The van der Waals surface area contributed by atoms with Gasteiger partial charge < -0.3 is 0 Å². The summed E-state index contributed by atoms with van der Waals surface area (Å²) in [7, 11) is 0. The van der Waals surface area contributed by atoms with Crippen molar-refractivity contribution in [3.05, 3.63) is 81.9 Å². The first kappa shape index (κ1) is 27.8. The molecule has 0 aliphatic heterocycles. The van der Waals surface area contributed by atoms with Crippen LogP contribution < -0.4 is 0 Å². The van der Waals surface area contributed by atoms with Gasteiger partial charge in [-0.15, -0.1) is 0 Å². The maximum absolute atomic E-state index is 13.5. The van der Waals surface area contributed by atoms with E-state index in [4.69, 9.17) is 0 Å². The highest BCUT2D eigenvalue weighted by Gasteiger charge is 2.30. The van der Waals surface area contributed by atoms with E-state index in [9.17, 15) is 9.59 Å². The average Bonchev–Trinajstić information content (AvgIpc) is 2.72. The van der Waals surface area contributed by atoms with Crippen LogP contribution in [0.25, 0.3) is 11.1 Å². The van der Waals surface area contributed by atoms with Gasteiger partial charge in [0.15, 0.2) is 11.6 Å². The Bertz CT molecular complexity index is 1110. The summed E-state index contributed by atoms with van der Waals surface area (Å²) in [6.45, 7) is 26.2. The van der Waals surface area contributed by atoms with Gasteiger partial charge in [-0.2, -0.15) is 0 Å². The molecule has 0 amide bonds. The Morgan fingerprint density at radius 1 is 0.389 bits per heavy atom. The Labute approximate surface area is 218 Å². The third kappa shape index (κ3) is 5.80. The summed E-state index contributed by atoms with van der Waals surface area (Å²) in [6, 6.07) is 12.9. The van der Waals surface area contributed by atoms with Gasteiger partial charge in [-0.05, 0) is 67.2 Å². The minimum Gasteiger partial charge on any atom is -0.289 e. The zero-order valence-corrected chi connectivity index (χ0v) is 24.4. The molecule has 2 aromatic rings. The number of hydrogen-bond donors (Lipinski definition) is 0. The molecule has 0 atom stereocenters. The normalized spacial score (nSPS) is 15.7. The van der Waals surface area contributed by atoms with E-state index >= 15 is 0 Å². The van der Waals surface area contributed by atoms with Gasteiger partial charge in [0.2, 0.25) is 0 Å². The average molecular weight is 485 g/mol. The fourth-order valence-electron chi connectivity index (χ4n) is 4.41. The number of rotatable bonds is 2. The molecule has 36 heavy (non-hydrogen) atoms. The van der Waals surface area contributed by atoms with Crippen molar-refractivity contribution in [2.24, 2.45) is 0 Å². The number of benzene rings is 2. The summed E-state index contributed by atoms with van der Waals surface area (Å²) in [5, 5.41) is 0. The maximum Gasteiger partial charge on any atom is 0.187 e. The van der Waals surface area contributed by atoms with Crippen molar-refractivity contribution in [2.45, 2.75) is 105 Å². The zero-order chi connectivity index (χ0) is 27.4. The summed E-state index contributed by atoms with van der Waals surface area (Å²) in [4.78, 5) is 27.0. The predicted molar refractivity (Wildman–Crippen MR) is 154 cm³/mol. The molecule has 0 unspecified atom stereocenters. The van der Waals surface area contributed by atoms with Crippen molar-refractivity contribution in [1.29, 1.82) is 0 Å². The van der Waals surface area contributed by atoms with E-state index in [2.05, 4.69) is 119 Å². The van der Waals surface area contributed by atoms with Crippen molar-refractivity contribution in [2.75, 3.05) is 0 Å². The number of allylic oxidation sites excluding steroid dienone is 4.